The molecular formula is C22H32O3S. The fourth-order valence-corrected chi connectivity index (χ4v) is 4.69. The van der Waals surface area contributed by atoms with Gasteiger partial charge >= 0.3 is 5.97 Å². The lowest BCUT2D eigenvalue weighted by atomic mass is 9.90. The molecule has 26 heavy (non-hydrogen) atoms. The highest BCUT2D eigenvalue weighted by atomic mass is 32.2. The molecular weight excluding hydrogens is 344 g/mol. The molecule has 0 radical (unpaired) electrons. The zero-order chi connectivity index (χ0) is 18.2. The second-order valence-corrected chi connectivity index (χ2v) is 8.90. The monoisotopic (exact) mass is 376 g/mol. The van der Waals surface area contributed by atoms with Gasteiger partial charge in [-0.05, 0) is 62.6 Å². The van der Waals surface area contributed by atoms with Crippen LogP contribution in [0.5, 0.6) is 0 Å². The van der Waals surface area contributed by atoms with Crippen LogP contribution in [0.3, 0.4) is 0 Å². The fraction of sp³-hybridized carbons (Fsp3) is 0.682. The van der Waals surface area contributed by atoms with Crippen molar-refractivity contribution in [1.29, 1.82) is 0 Å². The van der Waals surface area contributed by atoms with Crippen molar-refractivity contribution in [1.82, 2.24) is 0 Å². The Bertz CT molecular complexity index is 547. The summed E-state index contributed by atoms with van der Waals surface area (Å²) in [5.74, 6) is 0.620. The van der Waals surface area contributed by atoms with Crippen LogP contribution >= 0.6 is 11.8 Å². The Morgan fingerprint density at radius 2 is 1.88 bits per heavy atom. The molecule has 1 aromatic rings. The van der Waals surface area contributed by atoms with Crippen LogP contribution in [0.25, 0.3) is 0 Å². The maximum atomic E-state index is 12.5. The van der Waals surface area contributed by atoms with Crippen molar-refractivity contribution >= 4 is 17.7 Å². The third-order valence-corrected chi connectivity index (χ3v) is 6.73. The van der Waals surface area contributed by atoms with Crippen molar-refractivity contribution < 1.29 is 14.3 Å². The molecule has 2 aliphatic rings. The molecule has 144 valence electrons. The van der Waals surface area contributed by atoms with Gasteiger partial charge in [-0.2, -0.15) is 0 Å². The zero-order valence-corrected chi connectivity index (χ0v) is 16.8. The number of benzene rings is 1. The van der Waals surface area contributed by atoms with E-state index in [0.717, 1.165) is 42.8 Å². The minimum atomic E-state index is -0.121. The predicted octanol–water partition coefficient (Wildman–Crippen LogP) is 5.57. The van der Waals surface area contributed by atoms with Gasteiger partial charge in [-0.15, -0.1) is 11.8 Å². The van der Waals surface area contributed by atoms with E-state index >= 15 is 0 Å². The molecule has 3 nitrogen and oxygen atoms in total. The van der Waals surface area contributed by atoms with Gasteiger partial charge in [0.1, 0.15) is 0 Å². The molecule has 0 amide bonds. The second kappa shape index (κ2) is 10.4. The smallest absolute Gasteiger partial charge is 0.313 e. The lowest BCUT2D eigenvalue weighted by molar-refractivity contribution is -0.145. The SMILES string of the molecule is CCOC(=O)C(CCCCC1CCOCC1)c1ccc(SC2CC2)cc1. The lowest BCUT2D eigenvalue weighted by Gasteiger charge is -2.22. The Hall–Kier alpha value is -1.00. The Kier molecular flexibility index (Phi) is 7.87. The summed E-state index contributed by atoms with van der Waals surface area (Å²) in [5, 5.41) is 0.812. The van der Waals surface area contributed by atoms with Gasteiger partial charge < -0.3 is 9.47 Å². The normalized spacial score (nSPS) is 19.3. The highest BCUT2D eigenvalue weighted by Gasteiger charge is 2.24. The third-order valence-electron chi connectivity index (χ3n) is 5.38. The minimum Gasteiger partial charge on any atom is -0.466 e. The lowest BCUT2D eigenvalue weighted by Crippen LogP contribution is -2.17. The first-order valence-corrected chi connectivity index (χ1v) is 11.1. The van der Waals surface area contributed by atoms with E-state index in [1.54, 1.807) is 0 Å². The first kappa shape index (κ1) is 19.8. The van der Waals surface area contributed by atoms with Gasteiger partial charge in [0.05, 0.1) is 12.5 Å². The molecule has 1 atom stereocenters. The Morgan fingerprint density at radius 3 is 2.54 bits per heavy atom. The molecule has 1 aromatic carbocycles. The van der Waals surface area contributed by atoms with E-state index in [-0.39, 0.29) is 11.9 Å². The molecule has 0 spiro atoms. The van der Waals surface area contributed by atoms with Crippen molar-refractivity contribution in [3.05, 3.63) is 29.8 Å². The highest BCUT2D eigenvalue weighted by Crippen LogP contribution is 2.39. The topological polar surface area (TPSA) is 35.5 Å². The van der Waals surface area contributed by atoms with Crippen molar-refractivity contribution in [3.8, 4) is 0 Å². The summed E-state index contributed by atoms with van der Waals surface area (Å²) in [7, 11) is 0. The van der Waals surface area contributed by atoms with Crippen LogP contribution in [0.15, 0.2) is 29.2 Å². The van der Waals surface area contributed by atoms with E-state index in [2.05, 4.69) is 24.3 Å². The summed E-state index contributed by atoms with van der Waals surface area (Å²) >= 11 is 1.96. The molecule has 0 aromatic heterocycles. The van der Waals surface area contributed by atoms with Crippen LogP contribution < -0.4 is 0 Å². The number of hydrogen-bond acceptors (Lipinski definition) is 4. The van der Waals surface area contributed by atoms with Crippen molar-refractivity contribution in [2.75, 3.05) is 19.8 Å². The molecule has 1 saturated heterocycles. The maximum absolute atomic E-state index is 12.5. The van der Waals surface area contributed by atoms with Gasteiger partial charge in [-0.1, -0.05) is 31.4 Å². The van der Waals surface area contributed by atoms with Crippen molar-refractivity contribution in [2.45, 2.75) is 74.4 Å². The third kappa shape index (κ3) is 6.31. The predicted molar refractivity (Wildman–Crippen MR) is 107 cm³/mol. The Labute approximate surface area is 162 Å². The van der Waals surface area contributed by atoms with Crippen molar-refractivity contribution in [2.24, 2.45) is 5.92 Å². The fourth-order valence-electron chi connectivity index (χ4n) is 3.64. The number of carbonyl (C=O) groups is 1. The molecule has 1 unspecified atom stereocenters. The summed E-state index contributed by atoms with van der Waals surface area (Å²) in [6, 6.07) is 8.61. The molecule has 1 heterocycles. The van der Waals surface area contributed by atoms with Crippen molar-refractivity contribution in [3.63, 3.8) is 0 Å². The minimum absolute atomic E-state index is 0.0684. The summed E-state index contributed by atoms with van der Waals surface area (Å²) in [6.45, 7) is 4.17. The Morgan fingerprint density at radius 1 is 1.15 bits per heavy atom. The number of esters is 1. The van der Waals surface area contributed by atoms with Crippen LogP contribution in [0.2, 0.25) is 0 Å². The summed E-state index contributed by atoms with van der Waals surface area (Å²) in [6.07, 6.45) is 9.49. The van der Waals surface area contributed by atoms with Gasteiger partial charge in [-0.25, -0.2) is 0 Å². The molecule has 0 N–H and O–H groups in total. The number of unbranched alkanes of at least 4 members (excludes halogenated alkanes) is 1. The van der Waals surface area contributed by atoms with Crippen LogP contribution in [-0.2, 0) is 14.3 Å². The standard InChI is InChI=1S/C22H32O3S/c1-2-25-22(23)21(6-4-3-5-17-13-15-24-16-14-17)18-7-9-19(10-8-18)26-20-11-12-20/h7-10,17,20-21H,2-6,11-16H2,1H3. The number of thioether (sulfide) groups is 1. The second-order valence-electron chi connectivity index (χ2n) is 7.53. The molecule has 2 fully saturated rings. The molecule has 3 rings (SSSR count). The van der Waals surface area contributed by atoms with E-state index in [1.165, 1.54) is 43.4 Å². The quantitative estimate of drug-likeness (QED) is 0.395. The molecule has 0 bridgehead atoms. The number of carbonyl (C=O) groups excluding carboxylic acids is 1. The molecule has 1 aliphatic heterocycles. The number of rotatable bonds is 10. The van der Waals surface area contributed by atoms with E-state index < -0.39 is 0 Å². The van der Waals surface area contributed by atoms with E-state index in [0.29, 0.717) is 6.61 Å². The number of hydrogen-bond donors (Lipinski definition) is 0. The van der Waals surface area contributed by atoms with Crippen LogP contribution in [-0.4, -0.2) is 31.0 Å². The van der Waals surface area contributed by atoms with Gasteiger partial charge in [0.15, 0.2) is 0 Å². The van der Waals surface area contributed by atoms with Gasteiger partial charge in [0, 0.05) is 23.4 Å². The first-order chi connectivity index (χ1) is 12.8. The first-order valence-electron chi connectivity index (χ1n) is 10.3. The molecule has 1 saturated carbocycles. The van der Waals surface area contributed by atoms with E-state index in [1.807, 2.05) is 18.7 Å². The summed E-state index contributed by atoms with van der Waals surface area (Å²) in [4.78, 5) is 13.8. The highest BCUT2D eigenvalue weighted by molar-refractivity contribution is 8.00. The van der Waals surface area contributed by atoms with Crippen LogP contribution in [0, 0.1) is 5.92 Å². The zero-order valence-electron chi connectivity index (χ0n) is 16.0. The van der Waals surface area contributed by atoms with Gasteiger partial charge in [0.2, 0.25) is 0 Å². The average molecular weight is 377 g/mol. The van der Waals surface area contributed by atoms with Crippen LogP contribution in [0.1, 0.15) is 69.8 Å². The van der Waals surface area contributed by atoms with Crippen LogP contribution in [0.4, 0.5) is 0 Å². The van der Waals surface area contributed by atoms with E-state index in [9.17, 15) is 4.79 Å². The molecule has 1 aliphatic carbocycles. The maximum Gasteiger partial charge on any atom is 0.313 e. The summed E-state index contributed by atoms with van der Waals surface area (Å²) in [5.41, 5.74) is 1.11. The molecule has 4 heteroatoms. The summed E-state index contributed by atoms with van der Waals surface area (Å²) < 4.78 is 10.8. The largest absolute Gasteiger partial charge is 0.466 e. The number of ether oxygens (including phenoxy) is 2. The average Bonchev–Trinajstić information content (AvgIpc) is 3.48. The Balaban J connectivity index is 1.51. The van der Waals surface area contributed by atoms with Gasteiger partial charge in [0.25, 0.3) is 0 Å². The van der Waals surface area contributed by atoms with Gasteiger partial charge in [-0.3, -0.25) is 4.79 Å². The van der Waals surface area contributed by atoms with E-state index in [4.69, 9.17) is 9.47 Å².